The van der Waals surface area contributed by atoms with Crippen molar-refractivity contribution in [3.63, 3.8) is 0 Å². The molecule has 0 spiro atoms. The molecule has 0 aromatic rings. The summed E-state index contributed by atoms with van der Waals surface area (Å²) >= 11 is 1.26. The van der Waals surface area contributed by atoms with E-state index in [9.17, 15) is 4.79 Å². The van der Waals surface area contributed by atoms with Gasteiger partial charge in [-0.15, -0.1) is 0 Å². The Balaban J connectivity index is 2.99. The molecule has 17 heavy (non-hydrogen) atoms. The summed E-state index contributed by atoms with van der Waals surface area (Å²) in [6.45, 7) is 9.60. The van der Waals surface area contributed by atoms with E-state index in [4.69, 9.17) is 9.47 Å². The zero-order chi connectivity index (χ0) is 13.1. The lowest BCUT2D eigenvalue weighted by Crippen LogP contribution is -2.20. The Morgan fingerprint density at radius 3 is 2.76 bits per heavy atom. The third kappa shape index (κ3) is 3.23. The van der Waals surface area contributed by atoms with Gasteiger partial charge in [-0.3, -0.25) is 4.79 Å². The Morgan fingerprint density at radius 2 is 2.24 bits per heavy atom. The van der Waals surface area contributed by atoms with Gasteiger partial charge < -0.3 is 9.47 Å². The Hall–Kier alpha value is -1.00. The fraction of sp³-hybridized carbons (Fsp3) is 0.462. The van der Waals surface area contributed by atoms with E-state index in [1.165, 1.54) is 11.8 Å². The molecule has 0 aliphatic carbocycles. The van der Waals surface area contributed by atoms with Gasteiger partial charge in [0.15, 0.2) is 6.79 Å². The molecule has 94 valence electrons. The van der Waals surface area contributed by atoms with Crippen molar-refractivity contribution in [2.45, 2.75) is 25.5 Å². The summed E-state index contributed by atoms with van der Waals surface area (Å²) in [7, 11) is 1.56. The van der Waals surface area contributed by atoms with Crippen LogP contribution < -0.4 is 0 Å². The van der Waals surface area contributed by atoms with Crippen LogP contribution in [0.25, 0.3) is 0 Å². The zero-order valence-electron chi connectivity index (χ0n) is 10.7. The number of carbonyl (C=O) groups excluding carboxylic acids is 1. The van der Waals surface area contributed by atoms with E-state index in [1.54, 1.807) is 14.0 Å². The zero-order valence-corrected chi connectivity index (χ0v) is 11.5. The van der Waals surface area contributed by atoms with Crippen LogP contribution in [0.4, 0.5) is 0 Å². The van der Waals surface area contributed by atoms with Gasteiger partial charge in [0.25, 0.3) is 0 Å². The molecule has 0 radical (unpaired) electrons. The average Bonchev–Trinajstić information content (AvgIpc) is 2.46. The Labute approximate surface area is 107 Å². The maximum Gasteiger partial charge on any atom is 0.219 e. The van der Waals surface area contributed by atoms with Crippen molar-refractivity contribution < 1.29 is 14.3 Å². The molecule has 0 aromatic carbocycles. The van der Waals surface area contributed by atoms with Crippen LogP contribution in [-0.4, -0.2) is 23.8 Å². The number of thioether (sulfide) groups is 1. The minimum atomic E-state index is -0.460. The van der Waals surface area contributed by atoms with Crippen LogP contribution in [0.2, 0.25) is 0 Å². The van der Waals surface area contributed by atoms with E-state index >= 15 is 0 Å². The molecular weight excluding hydrogens is 236 g/mol. The third-order valence-corrected chi connectivity index (χ3v) is 3.65. The lowest BCUT2D eigenvalue weighted by atomic mass is 10.0. The number of hydrogen-bond acceptors (Lipinski definition) is 4. The second kappa shape index (κ2) is 5.56. The second-order valence-electron chi connectivity index (χ2n) is 4.18. The second-order valence-corrected chi connectivity index (χ2v) is 5.60. The molecular formula is C13H18O3S. The number of rotatable bonds is 5. The van der Waals surface area contributed by atoms with Crippen molar-refractivity contribution in [3.8, 4) is 0 Å². The van der Waals surface area contributed by atoms with Crippen molar-refractivity contribution >= 4 is 16.9 Å². The summed E-state index contributed by atoms with van der Waals surface area (Å²) in [5.74, 6) is 0.673. The molecule has 0 amide bonds. The maximum absolute atomic E-state index is 11.7. The molecule has 3 nitrogen and oxygen atoms in total. The smallest absolute Gasteiger partial charge is 0.219 e. The summed E-state index contributed by atoms with van der Waals surface area (Å²) in [6.07, 6.45) is 3.84. The summed E-state index contributed by atoms with van der Waals surface area (Å²) in [5, 5.41) is 0.0463. The molecule has 0 aromatic heterocycles. The largest absolute Gasteiger partial charge is 0.470 e. The maximum atomic E-state index is 11.7. The van der Waals surface area contributed by atoms with Crippen LogP contribution in [-0.2, 0) is 14.3 Å². The number of methoxy groups -OCH3 is 1. The first-order valence-corrected chi connectivity index (χ1v) is 6.13. The van der Waals surface area contributed by atoms with Gasteiger partial charge in [0.1, 0.15) is 5.76 Å². The van der Waals surface area contributed by atoms with Gasteiger partial charge >= 0.3 is 0 Å². The van der Waals surface area contributed by atoms with E-state index in [1.807, 2.05) is 26.0 Å². The predicted octanol–water partition coefficient (Wildman–Crippen LogP) is 3.05. The Bertz CT molecular complexity index is 395. The number of allylic oxidation sites excluding steroid dienone is 2. The fourth-order valence-electron chi connectivity index (χ4n) is 1.56. The van der Waals surface area contributed by atoms with Crippen molar-refractivity contribution in [1.82, 2.24) is 0 Å². The first kappa shape index (κ1) is 14.1. The summed E-state index contributed by atoms with van der Waals surface area (Å²) in [4.78, 5) is 11.7. The Kier molecular flexibility index (Phi) is 4.60. The minimum Gasteiger partial charge on any atom is -0.470 e. The number of carbonyl (C=O) groups is 1. The first-order chi connectivity index (χ1) is 7.90. The molecule has 0 saturated heterocycles. The van der Waals surface area contributed by atoms with E-state index in [2.05, 4.69) is 6.58 Å². The highest BCUT2D eigenvalue weighted by Gasteiger charge is 2.41. The van der Waals surface area contributed by atoms with Crippen LogP contribution >= 0.6 is 11.8 Å². The first-order valence-electron chi connectivity index (χ1n) is 5.32. The minimum absolute atomic E-state index is 0.0463. The molecule has 1 heterocycles. The lowest BCUT2D eigenvalue weighted by molar-refractivity contribution is -0.107. The fourth-order valence-corrected chi connectivity index (χ4v) is 2.63. The van der Waals surface area contributed by atoms with Gasteiger partial charge in [0.05, 0.1) is 4.75 Å². The van der Waals surface area contributed by atoms with Gasteiger partial charge in [-0.1, -0.05) is 36.1 Å². The van der Waals surface area contributed by atoms with Crippen LogP contribution in [0.1, 0.15) is 20.8 Å². The van der Waals surface area contributed by atoms with Gasteiger partial charge in [0, 0.05) is 12.7 Å². The average molecular weight is 254 g/mol. The Morgan fingerprint density at radius 1 is 1.59 bits per heavy atom. The summed E-state index contributed by atoms with van der Waals surface area (Å²) in [5.41, 5.74) is 1.59. The van der Waals surface area contributed by atoms with Crippen LogP contribution in [0, 0.1) is 0 Å². The van der Waals surface area contributed by atoms with E-state index in [0.717, 1.165) is 5.57 Å². The van der Waals surface area contributed by atoms with E-state index in [0.29, 0.717) is 11.3 Å². The lowest BCUT2D eigenvalue weighted by Gasteiger charge is -2.22. The topological polar surface area (TPSA) is 35.5 Å². The van der Waals surface area contributed by atoms with Gasteiger partial charge in [-0.05, 0) is 20.8 Å². The highest BCUT2D eigenvalue weighted by molar-refractivity contribution is 8.16. The molecule has 0 N–H and O–H groups in total. The molecule has 1 unspecified atom stereocenters. The summed E-state index contributed by atoms with van der Waals surface area (Å²) in [6, 6.07) is 0. The highest BCUT2D eigenvalue weighted by atomic mass is 32.2. The molecule has 0 bridgehead atoms. The van der Waals surface area contributed by atoms with Crippen LogP contribution in [0.5, 0.6) is 0 Å². The monoisotopic (exact) mass is 254 g/mol. The molecule has 1 atom stereocenters. The summed E-state index contributed by atoms with van der Waals surface area (Å²) < 4.78 is 9.95. The molecule has 4 heteroatoms. The van der Waals surface area contributed by atoms with Crippen LogP contribution in [0.15, 0.2) is 35.6 Å². The van der Waals surface area contributed by atoms with E-state index < -0.39 is 4.75 Å². The predicted molar refractivity (Wildman–Crippen MR) is 70.6 cm³/mol. The van der Waals surface area contributed by atoms with Gasteiger partial charge in [0.2, 0.25) is 5.12 Å². The molecule has 1 aliphatic rings. The van der Waals surface area contributed by atoms with Crippen molar-refractivity contribution in [1.29, 1.82) is 0 Å². The van der Waals surface area contributed by atoms with Gasteiger partial charge in [-0.25, -0.2) is 0 Å². The SMILES string of the molecule is C=C(C)/C=C/C1(C)SC(=O)C(C)=C1OCOC. The third-order valence-electron chi connectivity index (χ3n) is 2.41. The molecule has 0 fully saturated rings. The molecule has 0 saturated carbocycles. The van der Waals surface area contributed by atoms with E-state index in [-0.39, 0.29) is 11.9 Å². The number of ether oxygens (including phenoxy) is 2. The quantitative estimate of drug-likeness (QED) is 0.558. The normalized spacial score (nSPS) is 24.8. The standard InChI is InChI=1S/C13H18O3S/c1-9(2)6-7-13(4)11(16-8-15-5)10(3)12(14)17-13/h6-7H,1,8H2,2-5H3/b7-6+. The van der Waals surface area contributed by atoms with Gasteiger partial charge in [-0.2, -0.15) is 0 Å². The molecule has 1 rings (SSSR count). The van der Waals surface area contributed by atoms with Crippen LogP contribution in [0.3, 0.4) is 0 Å². The highest BCUT2D eigenvalue weighted by Crippen LogP contribution is 2.45. The van der Waals surface area contributed by atoms with Crippen molar-refractivity contribution in [2.24, 2.45) is 0 Å². The van der Waals surface area contributed by atoms with Crippen molar-refractivity contribution in [2.75, 3.05) is 13.9 Å². The number of hydrogen-bond donors (Lipinski definition) is 0. The van der Waals surface area contributed by atoms with Crippen molar-refractivity contribution in [3.05, 3.63) is 35.6 Å². The molecule has 1 aliphatic heterocycles.